The van der Waals surface area contributed by atoms with E-state index in [0.717, 1.165) is 30.3 Å². The minimum Gasteiger partial charge on any atom is -0.291 e. The van der Waals surface area contributed by atoms with Crippen LogP contribution in [0.2, 0.25) is 0 Å². The number of carbonyl (C=O) groups excluding carboxylic acids is 2. The highest BCUT2D eigenvalue weighted by Crippen LogP contribution is 2.64. The third-order valence-corrected chi connectivity index (χ3v) is 7.62. The van der Waals surface area contributed by atoms with Crippen molar-refractivity contribution in [2.45, 2.75) is 65.2 Å². The molecule has 114 valence electrons. The van der Waals surface area contributed by atoms with Gasteiger partial charge in [0.25, 0.3) is 0 Å². The lowest BCUT2D eigenvalue weighted by Crippen LogP contribution is -2.51. The molecule has 0 aromatic carbocycles. The van der Waals surface area contributed by atoms with Crippen LogP contribution in [-0.2, 0) is 9.59 Å². The third-order valence-electron chi connectivity index (χ3n) is 7.62. The molecule has 4 aliphatic rings. The van der Waals surface area contributed by atoms with E-state index in [1.165, 1.54) is 32.1 Å². The summed E-state index contributed by atoms with van der Waals surface area (Å²) in [6.45, 7) is 4.77. The van der Waals surface area contributed by atoms with Gasteiger partial charge in [0, 0.05) is 12.0 Å². The Morgan fingerprint density at radius 3 is 2.67 bits per heavy atom. The molecule has 0 amide bonds. The molecule has 0 unspecified atom stereocenters. The highest BCUT2D eigenvalue weighted by atomic mass is 16.2. The molecule has 3 saturated carbocycles. The van der Waals surface area contributed by atoms with Crippen molar-refractivity contribution in [2.75, 3.05) is 0 Å². The Balaban J connectivity index is 1.74. The van der Waals surface area contributed by atoms with Crippen LogP contribution in [0.4, 0.5) is 0 Å². The lowest BCUT2D eigenvalue weighted by molar-refractivity contribution is -0.139. The van der Waals surface area contributed by atoms with Crippen molar-refractivity contribution >= 4 is 11.6 Å². The van der Waals surface area contributed by atoms with Crippen molar-refractivity contribution in [3.8, 4) is 0 Å². The normalized spacial score (nSPS) is 49.2. The quantitative estimate of drug-likeness (QED) is 0.629. The molecule has 0 spiro atoms. The monoisotopic (exact) mass is 286 g/mol. The standard InChI is InChI=1S/C19H26O2/c1-18-9-3-4-13(18)12-5-6-15-17(21)16(20)8-11-19(15,2)14(12)7-10-18/h6,12-14H,3-5,7-11H2,1-2H3/t12-,13-,14+,18-,19+/m0/s1. The predicted molar refractivity (Wildman–Crippen MR) is 81.7 cm³/mol. The Labute approximate surface area is 127 Å². The average Bonchev–Trinajstić information content (AvgIpc) is 2.85. The molecular formula is C19H26O2. The van der Waals surface area contributed by atoms with Crippen molar-refractivity contribution in [3.05, 3.63) is 11.6 Å². The van der Waals surface area contributed by atoms with Crippen LogP contribution < -0.4 is 0 Å². The molecule has 0 aliphatic heterocycles. The smallest absolute Gasteiger partial charge is 0.224 e. The number of hydrogen-bond acceptors (Lipinski definition) is 2. The maximum absolute atomic E-state index is 12.3. The second kappa shape index (κ2) is 4.30. The summed E-state index contributed by atoms with van der Waals surface area (Å²) in [7, 11) is 0. The average molecular weight is 286 g/mol. The molecule has 0 N–H and O–H groups in total. The van der Waals surface area contributed by atoms with Crippen molar-refractivity contribution in [3.63, 3.8) is 0 Å². The molecule has 0 saturated heterocycles. The van der Waals surface area contributed by atoms with Crippen LogP contribution in [0.1, 0.15) is 65.2 Å². The molecule has 4 rings (SSSR count). The maximum Gasteiger partial charge on any atom is 0.224 e. The lowest BCUT2D eigenvalue weighted by Gasteiger charge is -2.56. The van der Waals surface area contributed by atoms with E-state index in [2.05, 4.69) is 19.9 Å². The molecule has 21 heavy (non-hydrogen) atoms. The van der Waals surface area contributed by atoms with E-state index < -0.39 is 0 Å². The molecule has 0 radical (unpaired) electrons. The number of carbonyl (C=O) groups is 2. The second-order valence-corrected chi connectivity index (χ2v) is 8.49. The third kappa shape index (κ3) is 1.71. The van der Waals surface area contributed by atoms with Gasteiger partial charge in [-0.15, -0.1) is 0 Å². The van der Waals surface area contributed by atoms with Gasteiger partial charge in [0.1, 0.15) is 0 Å². The molecule has 5 atom stereocenters. The fraction of sp³-hybridized carbons (Fsp3) is 0.789. The summed E-state index contributed by atoms with van der Waals surface area (Å²) in [6, 6.07) is 0. The summed E-state index contributed by atoms with van der Waals surface area (Å²) in [6.07, 6.45) is 11.3. The van der Waals surface area contributed by atoms with Gasteiger partial charge in [-0.2, -0.15) is 0 Å². The Morgan fingerprint density at radius 2 is 1.86 bits per heavy atom. The molecule has 0 aromatic rings. The number of fused-ring (bicyclic) bond motifs is 5. The van der Waals surface area contributed by atoms with E-state index in [1.807, 2.05) is 0 Å². The first kappa shape index (κ1) is 13.7. The van der Waals surface area contributed by atoms with Gasteiger partial charge in [-0.1, -0.05) is 26.3 Å². The molecule has 3 fully saturated rings. The maximum atomic E-state index is 12.3. The summed E-state index contributed by atoms with van der Waals surface area (Å²) in [5.74, 6) is 1.91. The zero-order valence-corrected chi connectivity index (χ0v) is 13.3. The largest absolute Gasteiger partial charge is 0.291 e. The van der Waals surface area contributed by atoms with Crippen LogP contribution in [0.3, 0.4) is 0 Å². The first-order chi connectivity index (χ1) is 9.96. The van der Waals surface area contributed by atoms with Crippen LogP contribution in [-0.4, -0.2) is 11.6 Å². The van der Waals surface area contributed by atoms with E-state index in [1.54, 1.807) is 0 Å². The van der Waals surface area contributed by atoms with Gasteiger partial charge in [0.15, 0.2) is 0 Å². The Kier molecular flexibility index (Phi) is 2.81. The number of Topliss-reactive ketones (excluding diaryl/α,β-unsaturated/α-hetero) is 2. The van der Waals surface area contributed by atoms with E-state index in [9.17, 15) is 9.59 Å². The van der Waals surface area contributed by atoms with Crippen LogP contribution in [0.25, 0.3) is 0 Å². The molecule has 0 aromatic heterocycles. The van der Waals surface area contributed by atoms with Gasteiger partial charge in [0.2, 0.25) is 11.6 Å². The van der Waals surface area contributed by atoms with Crippen LogP contribution in [0, 0.1) is 28.6 Å². The van der Waals surface area contributed by atoms with E-state index in [0.29, 0.717) is 17.8 Å². The number of rotatable bonds is 0. The fourth-order valence-electron chi connectivity index (χ4n) is 6.40. The Bertz CT molecular complexity index is 546. The highest BCUT2D eigenvalue weighted by molar-refractivity contribution is 6.44. The summed E-state index contributed by atoms with van der Waals surface area (Å²) < 4.78 is 0. The number of hydrogen-bond donors (Lipinski definition) is 0. The molecule has 0 heterocycles. The molecule has 0 bridgehead atoms. The van der Waals surface area contributed by atoms with Crippen molar-refractivity contribution in [1.29, 1.82) is 0 Å². The highest BCUT2D eigenvalue weighted by Gasteiger charge is 2.57. The van der Waals surface area contributed by atoms with Gasteiger partial charge in [-0.05, 0) is 67.1 Å². The van der Waals surface area contributed by atoms with E-state index in [4.69, 9.17) is 0 Å². The van der Waals surface area contributed by atoms with Gasteiger partial charge >= 0.3 is 0 Å². The summed E-state index contributed by atoms with van der Waals surface area (Å²) in [4.78, 5) is 24.1. The Morgan fingerprint density at radius 1 is 1.05 bits per heavy atom. The topological polar surface area (TPSA) is 34.1 Å². The van der Waals surface area contributed by atoms with Gasteiger partial charge in [-0.25, -0.2) is 0 Å². The van der Waals surface area contributed by atoms with Crippen LogP contribution >= 0.6 is 0 Å². The van der Waals surface area contributed by atoms with Gasteiger partial charge in [0.05, 0.1) is 0 Å². The zero-order valence-electron chi connectivity index (χ0n) is 13.3. The van der Waals surface area contributed by atoms with Crippen LogP contribution in [0.5, 0.6) is 0 Å². The minimum atomic E-state index is -0.165. The first-order valence-corrected chi connectivity index (χ1v) is 8.74. The van der Waals surface area contributed by atoms with Crippen molar-refractivity contribution in [1.82, 2.24) is 0 Å². The van der Waals surface area contributed by atoms with Gasteiger partial charge in [-0.3, -0.25) is 9.59 Å². The molecular weight excluding hydrogens is 260 g/mol. The zero-order chi connectivity index (χ0) is 14.8. The Hall–Kier alpha value is -0.920. The van der Waals surface area contributed by atoms with Crippen LogP contribution in [0.15, 0.2) is 11.6 Å². The summed E-state index contributed by atoms with van der Waals surface area (Å²) >= 11 is 0. The number of ketones is 2. The van der Waals surface area contributed by atoms with Crippen molar-refractivity contribution < 1.29 is 9.59 Å². The minimum absolute atomic E-state index is 0.0160. The first-order valence-electron chi connectivity index (χ1n) is 8.74. The van der Waals surface area contributed by atoms with Crippen molar-refractivity contribution in [2.24, 2.45) is 28.6 Å². The summed E-state index contributed by atoms with van der Waals surface area (Å²) in [5.41, 5.74) is 1.41. The summed E-state index contributed by atoms with van der Waals surface area (Å²) in [5, 5.41) is 0. The SMILES string of the molecule is C[C@@]12CCC[C@H]1[C@@H]1CC=C3C(=O)C(=O)CC[C@]3(C)[C@@H]1CC2. The fourth-order valence-corrected chi connectivity index (χ4v) is 6.40. The predicted octanol–water partition coefficient (Wildman–Crippen LogP) is 4.09. The van der Waals surface area contributed by atoms with Gasteiger partial charge < -0.3 is 0 Å². The van der Waals surface area contributed by atoms with E-state index in [-0.39, 0.29) is 17.0 Å². The lowest BCUT2D eigenvalue weighted by atomic mass is 9.48. The van der Waals surface area contributed by atoms with E-state index >= 15 is 0 Å². The second-order valence-electron chi connectivity index (χ2n) is 8.49. The molecule has 2 heteroatoms. The number of allylic oxidation sites excluding steroid dienone is 2. The molecule has 2 nitrogen and oxygen atoms in total. The molecule has 4 aliphatic carbocycles.